The van der Waals surface area contributed by atoms with E-state index in [1.165, 1.54) is 0 Å². The zero-order valence-corrected chi connectivity index (χ0v) is 19.6. The summed E-state index contributed by atoms with van der Waals surface area (Å²) in [5.41, 5.74) is 0.615. The van der Waals surface area contributed by atoms with Crippen molar-refractivity contribution >= 4 is 11.9 Å². The summed E-state index contributed by atoms with van der Waals surface area (Å²) in [6.07, 6.45) is 1.79. The normalized spacial score (nSPS) is 25.0. The highest BCUT2D eigenvalue weighted by Gasteiger charge is 2.68. The van der Waals surface area contributed by atoms with E-state index >= 15 is 0 Å². The number of tetrazole rings is 1. The molecule has 6 rings (SSSR count). The van der Waals surface area contributed by atoms with Gasteiger partial charge in [0, 0.05) is 6.54 Å². The Bertz CT molecular complexity index is 1370. The molecule has 3 aromatic rings. The molecule has 3 aliphatic heterocycles. The Hall–Kier alpha value is -4.25. The minimum atomic E-state index is -1.49. The molecule has 2 aromatic carbocycles. The van der Waals surface area contributed by atoms with E-state index in [0.29, 0.717) is 28.6 Å². The number of carbonyl (C=O) groups is 2. The largest absolute Gasteiger partial charge is 0.497 e. The molecule has 11 heteroatoms. The number of rotatable bonds is 7. The summed E-state index contributed by atoms with van der Waals surface area (Å²) < 4.78 is 18.2. The molecule has 11 nitrogen and oxygen atoms in total. The SMILES string of the molecule is COc1ccc([C@H](c2nnnn2-c2ccc(OC)cc2)N2CC3=C[C@H]4C[C@H](C(=O)O)[C@@]3(O4)C2=O)cc1. The van der Waals surface area contributed by atoms with Gasteiger partial charge in [0.15, 0.2) is 11.4 Å². The average molecular weight is 489 g/mol. The van der Waals surface area contributed by atoms with Crippen LogP contribution in [0.3, 0.4) is 0 Å². The second-order valence-corrected chi connectivity index (χ2v) is 8.97. The van der Waals surface area contributed by atoms with Crippen LogP contribution in [-0.4, -0.2) is 74.6 Å². The minimum Gasteiger partial charge on any atom is -0.497 e. The van der Waals surface area contributed by atoms with E-state index in [2.05, 4.69) is 15.5 Å². The van der Waals surface area contributed by atoms with Crippen LogP contribution in [0.4, 0.5) is 0 Å². The maximum absolute atomic E-state index is 14.0. The monoisotopic (exact) mass is 489 g/mol. The highest BCUT2D eigenvalue weighted by atomic mass is 16.5. The fourth-order valence-corrected chi connectivity index (χ4v) is 5.50. The van der Waals surface area contributed by atoms with Crippen LogP contribution < -0.4 is 9.47 Å². The van der Waals surface area contributed by atoms with E-state index in [-0.39, 0.29) is 19.1 Å². The van der Waals surface area contributed by atoms with E-state index in [0.717, 1.165) is 5.56 Å². The second-order valence-electron chi connectivity index (χ2n) is 8.97. The van der Waals surface area contributed by atoms with Crippen LogP contribution in [0, 0.1) is 5.92 Å². The fourth-order valence-electron chi connectivity index (χ4n) is 5.50. The first-order valence-electron chi connectivity index (χ1n) is 11.5. The smallest absolute Gasteiger partial charge is 0.310 e. The number of amides is 1. The molecule has 0 saturated carbocycles. The van der Waals surface area contributed by atoms with Gasteiger partial charge in [-0.15, -0.1) is 5.10 Å². The van der Waals surface area contributed by atoms with Crippen molar-refractivity contribution in [3.63, 3.8) is 0 Å². The number of aromatic nitrogens is 4. The van der Waals surface area contributed by atoms with Crippen molar-refractivity contribution in [1.29, 1.82) is 0 Å². The van der Waals surface area contributed by atoms with Gasteiger partial charge in [-0.3, -0.25) is 9.59 Å². The summed E-state index contributed by atoms with van der Waals surface area (Å²) >= 11 is 0. The number of likely N-dealkylation sites (tertiary alicyclic amines) is 1. The van der Waals surface area contributed by atoms with Crippen molar-refractivity contribution in [2.24, 2.45) is 5.92 Å². The summed E-state index contributed by atoms with van der Waals surface area (Å²) in [7, 11) is 3.16. The van der Waals surface area contributed by atoms with Crippen LogP contribution in [0.1, 0.15) is 23.9 Å². The summed E-state index contributed by atoms with van der Waals surface area (Å²) in [5, 5.41) is 22.3. The lowest BCUT2D eigenvalue weighted by Gasteiger charge is -2.30. The molecule has 1 aromatic heterocycles. The van der Waals surface area contributed by atoms with Gasteiger partial charge < -0.3 is 24.2 Å². The van der Waals surface area contributed by atoms with E-state index < -0.39 is 29.4 Å². The molecule has 0 unspecified atom stereocenters. The van der Waals surface area contributed by atoms with E-state index in [1.807, 2.05) is 30.3 Å². The van der Waals surface area contributed by atoms with Gasteiger partial charge in [0.25, 0.3) is 5.91 Å². The van der Waals surface area contributed by atoms with Crippen LogP contribution in [0.2, 0.25) is 0 Å². The molecule has 1 spiro atoms. The fraction of sp³-hybridized carbons (Fsp3) is 0.320. The molecular weight excluding hydrogens is 466 g/mol. The van der Waals surface area contributed by atoms with Crippen LogP contribution in [0.25, 0.3) is 5.69 Å². The van der Waals surface area contributed by atoms with Gasteiger partial charge in [-0.05, 0) is 64.4 Å². The van der Waals surface area contributed by atoms with Crippen LogP contribution in [0.5, 0.6) is 11.5 Å². The third-order valence-corrected chi connectivity index (χ3v) is 7.18. The Labute approximate surface area is 205 Å². The molecule has 2 bridgehead atoms. The third-order valence-electron chi connectivity index (χ3n) is 7.18. The van der Waals surface area contributed by atoms with Crippen LogP contribution >= 0.6 is 0 Å². The number of carbonyl (C=O) groups excluding carboxylic acids is 1. The number of hydrogen-bond donors (Lipinski definition) is 1. The Morgan fingerprint density at radius 1 is 1.11 bits per heavy atom. The summed E-state index contributed by atoms with van der Waals surface area (Å²) in [6.45, 7) is 0.214. The van der Waals surface area contributed by atoms with Crippen LogP contribution in [-0.2, 0) is 14.3 Å². The van der Waals surface area contributed by atoms with Gasteiger partial charge in [0.1, 0.15) is 23.5 Å². The number of aliphatic carboxylic acids is 1. The highest BCUT2D eigenvalue weighted by Crippen LogP contribution is 2.54. The Morgan fingerprint density at radius 2 is 1.78 bits per heavy atom. The van der Waals surface area contributed by atoms with Gasteiger partial charge in [-0.2, -0.15) is 4.68 Å². The maximum atomic E-state index is 14.0. The molecule has 3 aliphatic rings. The van der Waals surface area contributed by atoms with Gasteiger partial charge in [-0.25, -0.2) is 0 Å². The summed E-state index contributed by atoms with van der Waals surface area (Å²) in [6, 6.07) is 13.8. The predicted octanol–water partition coefficient (Wildman–Crippen LogP) is 1.78. The van der Waals surface area contributed by atoms with Crippen molar-refractivity contribution in [2.45, 2.75) is 24.2 Å². The lowest BCUT2D eigenvalue weighted by Crippen LogP contribution is -2.48. The Balaban J connectivity index is 1.47. The van der Waals surface area contributed by atoms with E-state index in [4.69, 9.17) is 14.2 Å². The number of fused-ring (bicyclic) bond motifs is 1. The Morgan fingerprint density at radius 3 is 2.42 bits per heavy atom. The first-order chi connectivity index (χ1) is 17.5. The zero-order valence-electron chi connectivity index (χ0n) is 19.6. The quantitative estimate of drug-likeness (QED) is 0.494. The molecule has 0 radical (unpaired) electrons. The number of nitrogens with zero attached hydrogens (tertiary/aromatic N) is 5. The number of methoxy groups -OCH3 is 2. The van der Waals surface area contributed by atoms with E-state index in [9.17, 15) is 14.7 Å². The second kappa shape index (κ2) is 8.16. The van der Waals surface area contributed by atoms with E-state index in [1.54, 1.807) is 48.1 Å². The van der Waals surface area contributed by atoms with Gasteiger partial charge in [0.2, 0.25) is 0 Å². The molecule has 2 saturated heterocycles. The van der Waals surface area contributed by atoms with Crippen molar-refractivity contribution in [3.05, 3.63) is 71.6 Å². The van der Waals surface area contributed by atoms with Crippen LogP contribution in [0.15, 0.2) is 60.2 Å². The first kappa shape index (κ1) is 22.2. The number of ether oxygens (including phenoxy) is 3. The third kappa shape index (κ3) is 3.12. The number of carboxylic acid groups (broad SMARTS) is 1. The van der Waals surface area contributed by atoms with Gasteiger partial charge in [-0.1, -0.05) is 18.2 Å². The topological polar surface area (TPSA) is 129 Å². The lowest BCUT2D eigenvalue weighted by atomic mass is 9.78. The average Bonchev–Trinajstić information content (AvgIpc) is 3.67. The molecule has 1 amide bonds. The highest BCUT2D eigenvalue weighted by molar-refractivity contribution is 5.99. The summed E-state index contributed by atoms with van der Waals surface area (Å²) in [5.74, 6) is -0.632. The molecule has 36 heavy (non-hydrogen) atoms. The molecule has 1 N–H and O–H groups in total. The van der Waals surface area contributed by atoms with Gasteiger partial charge >= 0.3 is 5.97 Å². The first-order valence-corrected chi connectivity index (χ1v) is 11.5. The van der Waals surface area contributed by atoms with Gasteiger partial charge in [0.05, 0.1) is 26.0 Å². The Kier molecular flexibility index (Phi) is 5.04. The number of hydrogen-bond acceptors (Lipinski definition) is 8. The molecular formula is C25H23N5O6. The van der Waals surface area contributed by atoms with Crippen molar-refractivity contribution < 1.29 is 28.9 Å². The molecule has 184 valence electrons. The molecule has 2 fully saturated rings. The van der Waals surface area contributed by atoms with Crippen molar-refractivity contribution in [1.82, 2.24) is 25.1 Å². The van der Waals surface area contributed by atoms with Crippen molar-refractivity contribution in [3.8, 4) is 17.2 Å². The molecule has 4 atom stereocenters. The molecule has 4 heterocycles. The number of benzene rings is 2. The minimum absolute atomic E-state index is 0.214. The lowest BCUT2D eigenvalue weighted by molar-refractivity contribution is -0.157. The maximum Gasteiger partial charge on any atom is 0.310 e. The predicted molar refractivity (Wildman–Crippen MR) is 124 cm³/mol. The van der Waals surface area contributed by atoms with Crippen molar-refractivity contribution in [2.75, 3.05) is 20.8 Å². The molecule has 0 aliphatic carbocycles. The zero-order chi connectivity index (χ0) is 25.0. The standard InChI is InChI=1S/C25H23N5O6/c1-34-17-7-3-14(4-8-17)21(22-26-27-28-30(22)16-5-9-18(35-2)10-6-16)29-13-15-11-19-12-20(23(31)32)25(15,36-19)24(29)33/h3-11,19-21H,12-13H2,1-2H3,(H,31,32)/t19-,20+,21+,25+/m0/s1. The summed E-state index contributed by atoms with van der Waals surface area (Å²) in [4.78, 5) is 27.7. The number of carboxylic acids is 1.